The minimum Gasteiger partial charge on any atom is -0.491 e. The molecule has 4 heteroatoms. The van der Waals surface area contributed by atoms with E-state index < -0.39 is 0 Å². The fourth-order valence-corrected chi connectivity index (χ4v) is 3.85. The Morgan fingerprint density at radius 3 is 1.44 bits per heavy atom. The SMILES string of the molecule is CCCCCCCCCOC(CCCCC)=C(OCCCCCCCCC)OCOCCCC. The lowest BCUT2D eigenvalue weighted by atomic mass is 10.1. The number of hydrogen-bond acceptors (Lipinski definition) is 4. The Hall–Kier alpha value is -0.900. The van der Waals surface area contributed by atoms with Crippen LogP contribution in [0.25, 0.3) is 0 Å². The molecule has 0 saturated heterocycles. The van der Waals surface area contributed by atoms with Crippen molar-refractivity contribution < 1.29 is 18.9 Å². The highest BCUT2D eigenvalue weighted by Crippen LogP contribution is 2.20. The number of hydrogen-bond donors (Lipinski definition) is 0. The molecular weight excluding hydrogens is 424 g/mol. The van der Waals surface area contributed by atoms with Crippen LogP contribution in [0.1, 0.15) is 156 Å². The molecule has 0 spiro atoms. The molecule has 0 aromatic carbocycles. The Morgan fingerprint density at radius 2 is 0.882 bits per heavy atom. The first-order chi connectivity index (χ1) is 16.8. The van der Waals surface area contributed by atoms with Crippen LogP contribution in [0.3, 0.4) is 0 Å². The first kappa shape index (κ1) is 33.1. The second-order valence-corrected chi connectivity index (χ2v) is 9.63. The quantitative estimate of drug-likeness (QED) is 0.0628. The second-order valence-electron chi connectivity index (χ2n) is 9.63. The Balaban J connectivity index is 4.66. The topological polar surface area (TPSA) is 36.9 Å². The van der Waals surface area contributed by atoms with Crippen LogP contribution in [-0.4, -0.2) is 26.6 Å². The minimum absolute atomic E-state index is 0.240. The lowest BCUT2D eigenvalue weighted by molar-refractivity contribution is -0.0844. The monoisotopic (exact) mass is 484 g/mol. The maximum absolute atomic E-state index is 6.25. The van der Waals surface area contributed by atoms with E-state index >= 15 is 0 Å². The van der Waals surface area contributed by atoms with Crippen molar-refractivity contribution in [3.05, 3.63) is 11.7 Å². The molecule has 0 aliphatic rings. The zero-order valence-electron chi connectivity index (χ0n) is 23.6. The molecule has 0 amide bonds. The zero-order valence-corrected chi connectivity index (χ0v) is 23.6. The van der Waals surface area contributed by atoms with Crippen LogP contribution < -0.4 is 0 Å². The fourth-order valence-electron chi connectivity index (χ4n) is 3.85. The van der Waals surface area contributed by atoms with E-state index in [1.54, 1.807) is 0 Å². The molecule has 0 saturated carbocycles. The lowest BCUT2D eigenvalue weighted by Crippen LogP contribution is -2.10. The summed E-state index contributed by atoms with van der Waals surface area (Å²) in [5.74, 6) is 1.46. The van der Waals surface area contributed by atoms with Crippen LogP contribution in [0.5, 0.6) is 0 Å². The highest BCUT2D eigenvalue weighted by molar-refractivity contribution is 4.95. The molecule has 0 aromatic rings. The van der Waals surface area contributed by atoms with Gasteiger partial charge in [0.1, 0.15) is 0 Å². The summed E-state index contributed by atoms with van der Waals surface area (Å²) in [4.78, 5) is 0. The van der Waals surface area contributed by atoms with Crippen molar-refractivity contribution in [2.45, 2.75) is 156 Å². The third-order valence-electron chi connectivity index (χ3n) is 6.16. The normalized spacial score (nSPS) is 12.0. The molecule has 0 atom stereocenters. The van der Waals surface area contributed by atoms with Crippen molar-refractivity contribution in [1.29, 1.82) is 0 Å². The number of allylic oxidation sites excluding steroid dienone is 1. The summed E-state index contributed by atoms with van der Waals surface area (Å²) in [5, 5.41) is 0. The molecule has 0 radical (unpaired) electrons. The van der Waals surface area contributed by atoms with Crippen LogP contribution in [0, 0.1) is 0 Å². The zero-order chi connectivity index (χ0) is 25.0. The van der Waals surface area contributed by atoms with Gasteiger partial charge in [-0.2, -0.15) is 0 Å². The summed E-state index contributed by atoms with van der Waals surface area (Å²) in [7, 11) is 0. The van der Waals surface area contributed by atoms with Crippen LogP contribution >= 0.6 is 0 Å². The summed E-state index contributed by atoms with van der Waals surface area (Å²) in [6.45, 7) is 11.3. The van der Waals surface area contributed by atoms with E-state index in [0.717, 1.165) is 57.5 Å². The Morgan fingerprint density at radius 1 is 0.412 bits per heavy atom. The molecule has 4 nitrogen and oxygen atoms in total. The first-order valence-corrected chi connectivity index (χ1v) is 15.0. The van der Waals surface area contributed by atoms with E-state index in [0.29, 0.717) is 12.6 Å². The number of rotatable bonds is 28. The molecule has 0 bridgehead atoms. The first-order valence-electron chi connectivity index (χ1n) is 15.0. The van der Waals surface area contributed by atoms with Crippen molar-refractivity contribution in [3.8, 4) is 0 Å². The number of ether oxygens (including phenoxy) is 4. The Kier molecular flexibility index (Phi) is 27.6. The Bertz CT molecular complexity index is 422. The van der Waals surface area contributed by atoms with E-state index in [9.17, 15) is 0 Å². The fraction of sp³-hybridized carbons (Fsp3) is 0.933. The highest BCUT2D eigenvalue weighted by atomic mass is 16.7. The molecule has 0 fully saturated rings. The van der Waals surface area contributed by atoms with E-state index in [4.69, 9.17) is 18.9 Å². The third-order valence-corrected chi connectivity index (χ3v) is 6.16. The standard InChI is InChI=1S/C30H60O4/c1-5-9-13-15-17-19-22-26-32-29(24-21-11-7-3)30(34-28-31-25-12-8-4)33-27-23-20-18-16-14-10-6-2/h5-28H2,1-4H3. The van der Waals surface area contributed by atoms with Gasteiger partial charge < -0.3 is 18.9 Å². The van der Waals surface area contributed by atoms with Gasteiger partial charge in [-0.15, -0.1) is 0 Å². The van der Waals surface area contributed by atoms with Crippen molar-refractivity contribution in [2.75, 3.05) is 26.6 Å². The second kappa shape index (κ2) is 28.3. The highest BCUT2D eigenvalue weighted by Gasteiger charge is 2.13. The summed E-state index contributed by atoms with van der Waals surface area (Å²) in [6.07, 6.45) is 24.5. The van der Waals surface area contributed by atoms with E-state index in [1.165, 1.54) is 89.9 Å². The van der Waals surface area contributed by atoms with Crippen LogP contribution in [-0.2, 0) is 18.9 Å². The van der Waals surface area contributed by atoms with Gasteiger partial charge in [-0.05, 0) is 25.7 Å². The molecule has 0 unspecified atom stereocenters. The van der Waals surface area contributed by atoms with Crippen molar-refractivity contribution in [2.24, 2.45) is 0 Å². The average Bonchev–Trinajstić information content (AvgIpc) is 2.85. The van der Waals surface area contributed by atoms with Gasteiger partial charge in [0.15, 0.2) is 12.6 Å². The molecular formula is C30H60O4. The van der Waals surface area contributed by atoms with Gasteiger partial charge in [0, 0.05) is 6.42 Å². The smallest absolute Gasteiger partial charge is 0.321 e. The van der Waals surface area contributed by atoms with Crippen molar-refractivity contribution >= 4 is 0 Å². The molecule has 0 rings (SSSR count). The molecule has 0 aliphatic heterocycles. The summed E-state index contributed by atoms with van der Waals surface area (Å²) in [5.41, 5.74) is 0. The molecule has 0 N–H and O–H groups in total. The predicted molar refractivity (Wildman–Crippen MR) is 146 cm³/mol. The van der Waals surface area contributed by atoms with Crippen molar-refractivity contribution in [3.63, 3.8) is 0 Å². The maximum atomic E-state index is 6.25. The van der Waals surface area contributed by atoms with E-state index in [1.807, 2.05) is 0 Å². The van der Waals surface area contributed by atoms with Gasteiger partial charge >= 0.3 is 5.95 Å². The van der Waals surface area contributed by atoms with Gasteiger partial charge in [-0.1, -0.05) is 124 Å². The van der Waals surface area contributed by atoms with Gasteiger partial charge in [0.25, 0.3) is 0 Å². The Labute approximate surface area is 213 Å². The molecule has 0 aliphatic carbocycles. The molecule has 0 heterocycles. The van der Waals surface area contributed by atoms with Crippen LogP contribution in [0.15, 0.2) is 11.7 Å². The van der Waals surface area contributed by atoms with E-state index in [-0.39, 0.29) is 6.79 Å². The summed E-state index contributed by atoms with van der Waals surface area (Å²) < 4.78 is 24.0. The van der Waals surface area contributed by atoms with Gasteiger partial charge in [0.05, 0.1) is 19.8 Å². The lowest BCUT2D eigenvalue weighted by Gasteiger charge is -2.18. The van der Waals surface area contributed by atoms with E-state index in [2.05, 4.69) is 27.7 Å². The average molecular weight is 485 g/mol. The molecule has 0 aromatic heterocycles. The minimum atomic E-state index is 0.240. The van der Waals surface area contributed by atoms with Gasteiger partial charge in [0.2, 0.25) is 0 Å². The number of unbranched alkanes of at least 4 members (excludes halogenated alkanes) is 15. The summed E-state index contributed by atoms with van der Waals surface area (Å²) in [6, 6.07) is 0. The van der Waals surface area contributed by atoms with Crippen molar-refractivity contribution in [1.82, 2.24) is 0 Å². The molecule has 34 heavy (non-hydrogen) atoms. The summed E-state index contributed by atoms with van der Waals surface area (Å²) >= 11 is 0. The largest absolute Gasteiger partial charge is 0.491 e. The maximum Gasteiger partial charge on any atom is 0.321 e. The molecule has 204 valence electrons. The predicted octanol–water partition coefficient (Wildman–Crippen LogP) is 10.1. The third kappa shape index (κ3) is 22.9. The van der Waals surface area contributed by atoms with Crippen LogP contribution in [0.2, 0.25) is 0 Å². The van der Waals surface area contributed by atoms with Gasteiger partial charge in [-0.3, -0.25) is 0 Å². The van der Waals surface area contributed by atoms with Gasteiger partial charge in [-0.25, -0.2) is 0 Å². The van der Waals surface area contributed by atoms with Crippen LogP contribution in [0.4, 0.5) is 0 Å².